The molecule has 2 heterocycles. The van der Waals surface area contributed by atoms with Crippen molar-refractivity contribution >= 4 is 0 Å². The van der Waals surface area contributed by atoms with Gasteiger partial charge >= 0.3 is 0 Å². The molecule has 2 unspecified atom stereocenters. The van der Waals surface area contributed by atoms with Crippen LogP contribution < -0.4 is 5.32 Å². The van der Waals surface area contributed by atoms with Crippen LogP contribution in [0, 0.1) is 0 Å². The van der Waals surface area contributed by atoms with Crippen molar-refractivity contribution in [2.75, 3.05) is 13.2 Å². The summed E-state index contributed by atoms with van der Waals surface area (Å²) in [5.74, 6) is 0. The topological polar surface area (TPSA) is 21.3 Å². The van der Waals surface area contributed by atoms with E-state index in [1.165, 1.54) is 45.1 Å². The monoisotopic (exact) mass is 183 g/mol. The molecule has 2 fully saturated rings. The Balaban J connectivity index is 1.83. The molecule has 0 spiro atoms. The molecule has 2 rings (SSSR count). The molecular weight excluding hydrogens is 162 g/mol. The van der Waals surface area contributed by atoms with Crippen LogP contribution in [0.4, 0.5) is 0 Å². The van der Waals surface area contributed by atoms with Crippen LogP contribution in [0.2, 0.25) is 0 Å². The van der Waals surface area contributed by atoms with Crippen LogP contribution in [0.1, 0.15) is 45.4 Å². The first-order valence-electron chi connectivity index (χ1n) is 5.65. The molecule has 76 valence electrons. The van der Waals surface area contributed by atoms with Crippen LogP contribution in [0.5, 0.6) is 0 Å². The van der Waals surface area contributed by atoms with Gasteiger partial charge in [-0.1, -0.05) is 6.42 Å². The fourth-order valence-corrected chi connectivity index (χ4v) is 2.60. The Labute approximate surface area is 81.0 Å². The number of piperidine rings is 1. The molecule has 0 saturated carbocycles. The zero-order valence-electron chi connectivity index (χ0n) is 8.64. The third-order valence-corrected chi connectivity index (χ3v) is 3.41. The highest BCUT2D eigenvalue weighted by Gasteiger charge is 2.31. The van der Waals surface area contributed by atoms with E-state index >= 15 is 0 Å². The summed E-state index contributed by atoms with van der Waals surface area (Å²) < 4.78 is 5.68. The predicted molar refractivity (Wildman–Crippen MR) is 53.8 cm³/mol. The summed E-state index contributed by atoms with van der Waals surface area (Å²) in [5.41, 5.74) is 0.368. The van der Waals surface area contributed by atoms with Crippen LogP contribution in [-0.4, -0.2) is 24.8 Å². The highest BCUT2D eigenvalue weighted by Crippen LogP contribution is 2.28. The van der Waals surface area contributed by atoms with Gasteiger partial charge in [-0.3, -0.25) is 0 Å². The summed E-state index contributed by atoms with van der Waals surface area (Å²) in [6.07, 6.45) is 8.35. The maximum absolute atomic E-state index is 5.68. The molecule has 0 aliphatic carbocycles. The Hall–Kier alpha value is -0.0800. The second kappa shape index (κ2) is 3.97. The van der Waals surface area contributed by atoms with Gasteiger partial charge in [0.2, 0.25) is 0 Å². The molecule has 0 radical (unpaired) electrons. The van der Waals surface area contributed by atoms with Gasteiger partial charge in [-0.2, -0.15) is 0 Å². The summed E-state index contributed by atoms with van der Waals surface area (Å²) in [5, 5.41) is 3.64. The van der Waals surface area contributed by atoms with Crippen molar-refractivity contribution in [3.05, 3.63) is 0 Å². The van der Waals surface area contributed by atoms with Gasteiger partial charge in [0.1, 0.15) is 0 Å². The summed E-state index contributed by atoms with van der Waals surface area (Å²) in [6, 6.07) is 0. The molecule has 0 aromatic carbocycles. The van der Waals surface area contributed by atoms with Crippen LogP contribution >= 0.6 is 0 Å². The van der Waals surface area contributed by atoms with Crippen molar-refractivity contribution in [3.63, 3.8) is 0 Å². The third kappa shape index (κ3) is 2.44. The lowest BCUT2D eigenvalue weighted by Gasteiger charge is -2.36. The minimum Gasteiger partial charge on any atom is -0.378 e. The normalized spacial score (nSPS) is 40.8. The van der Waals surface area contributed by atoms with Crippen LogP contribution in [0.15, 0.2) is 0 Å². The molecule has 0 amide bonds. The number of rotatable bonds is 2. The van der Waals surface area contributed by atoms with Crippen molar-refractivity contribution in [2.45, 2.75) is 57.1 Å². The zero-order valence-corrected chi connectivity index (χ0v) is 8.64. The van der Waals surface area contributed by atoms with Crippen molar-refractivity contribution in [1.82, 2.24) is 5.32 Å². The molecule has 2 saturated heterocycles. The fraction of sp³-hybridized carbons (Fsp3) is 1.00. The van der Waals surface area contributed by atoms with Crippen molar-refractivity contribution < 1.29 is 4.74 Å². The largest absolute Gasteiger partial charge is 0.378 e. The summed E-state index contributed by atoms with van der Waals surface area (Å²) in [6.45, 7) is 4.54. The fourth-order valence-electron chi connectivity index (χ4n) is 2.60. The van der Waals surface area contributed by atoms with Gasteiger partial charge < -0.3 is 10.1 Å². The molecule has 1 N–H and O–H groups in total. The Morgan fingerprint density at radius 1 is 1.38 bits per heavy atom. The standard InChI is InChI=1S/C11H21NO/c1-11(6-2-3-7-12-11)9-10-5-4-8-13-10/h10,12H,2-9H2,1H3. The van der Waals surface area contributed by atoms with Gasteiger partial charge in [-0.25, -0.2) is 0 Å². The average Bonchev–Trinajstić information content (AvgIpc) is 2.57. The SMILES string of the molecule is CC1(CC2CCCO2)CCCCN1. The van der Waals surface area contributed by atoms with Crippen molar-refractivity contribution in [1.29, 1.82) is 0 Å². The van der Waals surface area contributed by atoms with Crippen LogP contribution in [-0.2, 0) is 4.74 Å². The predicted octanol–water partition coefficient (Wildman–Crippen LogP) is 2.09. The summed E-state index contributed by atoms with van der Waals surface area (Å²) in [4.78, 5) is 0. The van der Waals surface area contributed by atoms with Gasteiger partial charge in [0.05, 0.1) is 6.10 Å². The quantitative estimate of drug-likeness (QED) is 0.707. The Kier molecular flexibility index (Phi) is 2.89. The van der Waals surface area contributed by atoms with Gasteiger partial charge in [0.25, 0.3) is 0 Å². The highest BCUT2D eigenvalue weighted by atomic mass is 16.5. The minimum atomic E-state index is 0.368. The molecule has 0 aromatic heterocycles. The molecular formula is C11H21NO. The van der Waals surface area contributed by atoms with Gasteiger partial charge in [0.15, 0.2) is 0 Å². The first-order valence-corrected chi connectivity index (χ1v) is 5.65. The molecule has 2 atom stereocenters. The van der Waals surface area contributed by atoms with E-state index in [9.17, 15) is 0 Å². The lowest BCUT2D eigenvalue weighted by atomic mass is 9.85. The molecule has 0 bridgehead atoms. The van der Waals surface area contributed by atoms with E-state index in [2.05, 4.69) is 12.2 Å². The van der Waals surface area contributed by atoms with Crippen LogP contribution in [0.3, 0.4) is 0 Å². The van der Waals surface area contributed by atoms with E-state index in [-0.39, 0.29) is 0 Å². The summed E-state index contributed by atoms with van der Waals surface area (Å²) >= 11 is 0. The first kappa shape index (κ1) is 9.47. The molecule has 2 aliphatic heterocycles. The van der Waals surface area contributed by atoms with E-state index < -0.39 is 0 Å². The Bertz CT molecular complexity index is 157. The molecule has 0 aromatic rings. The highest BCUT2D eigenvalue weighted by molar-refractivity contribution is 4.89. The lowest BCUT2D eigenvalue weighted by molar-refractivity contribution is 0.0714. The van der Waals surface area contributed by atoms with Crippen molar-refractivity contribution in [2.24, 2.45) is 0 Å². The second-order valence-corrected chi connectivity index (χ2v) is 4.78. The van der Waals surface area contributed by atoms with Gasteiger partial charge in [-0.05, 0) is 45.6 Å². The molecule has 2 heteroatoms. The van der Waals surface area contributed by atoms with E-state index in [0.717, 1.165) is 6.61 Å². The lowest BCUT2D eigenvalue weighted by Crippen LogP contribution is -2.47. The van der Waals surface area contributed by atoms with Gasteiger partial charge in [-0.15, -0.1) is 0 Å². The van der Waals surface area contributed by atoms with E-state index in [0.29, 0.717) is 11.6 Å². The maximum Gasteiger partial charge on any atom is 0.0593 e. The summed E-state index contributed by atoms with van der Waals surface area (Å²) in [7, 11) is 0. The van der Waals surface area contributed by atoms with E-state index in [1.807, 2.05) is 0 Å². The number of hydrogen-bond donors (Lipinski definition) is 1. The number of ether oxygens (including phenoxy) is 1. The first-order chi connectivity index (χ1) is 6.29. The second-order valence-electron chi connectivity index (χ2n) is 4.78. The van der Waals surface area contributed by atoms with E-state index in [4.69, 9.17) is 4.74 Å². The Morgan fingerprint density at radius 2 is 2.31 bits per heavy atom. The smallest absolute Gasteiger partial charge is 0.0593 e. The minimum absolute atomic E-state index is 0.368. The number of nitrogens with one attached hydrogen (secondary N) is 1. The van der Waals surface area contributed by atoms with Gasteiger partial charge in [0, 0.05) is 12.1 Å². The Morgan fingerprint density at radius 3 is 2.92 bits per heavy atom. The molecule has 2 aliphatic rings. The average molecular weight is 183 g/mol. The molecule has 13 heavy (non-hydrogen) atoms. The number of hydrogen-bond acceptors (Lipinski definition) is 2. The van der Waals surface area contributed by atoms with Crippen LogP contribution in [0.25, 0.3) is 0 Å². The maximum atomic E-state index is 5.68. The van der Waals surface area contributed by atoms with E-state index in [1.54, 1.807) is 0 Å². The third-order valence-electron chi connectivity index (χ3n) is 3.41. The van der Waals surface area contributed by atoms with Crippen molar-refractivity contribution in [3.8, 4) is 0 Å². The molecule has 2 nitrogen and oxygen atoms in total. The zero-order chi connectivity index (χ0) is 9.15.